The predicted molar refractivity (Wildman–Crippen MR) is 129 cm³/mol. The Hall–Kier alpha value is -4.38. The Kier molecular flexibility index (Phi) is 5.37. The van der Waals surface area contributed by atoms with E-state index < -0.39 is 12.0 Å². The number of nitrogens with one attached hydrogen (secondary N) is 1. The van der Waals surface area contributed by atoms with E-state index in [1.54, 1.807) is 12.1 Å². The maximum Gasteiger partial charge on any atom is 0.411 e. The summed E-state index contributed by atoms with van der Waals surface area (Å²) in [6, 6.07) is 31.0. The van der Waals surface area contributed by atoms with Crippen molar-refractivity contribution in [2.24, 2.45) is 5.73 Å². The molecule has 5 heteroatoms. The van der Waals surface area contributed by atoms with Gasteiger partial charge in [-0.15, -0.1) is 0 Å². The average molecular weight is 434 g/mol. The Morgan fingerprint density at radius 1 is 0.758 bits per heavy atom. The fraction of sp³-hybridized carbons (Fsp3) is 0.0714. The summed E-state index contributed by atoms with van der Waals surface area (Å²) < 4.78 is 5.63. The summed E-state index contributed by atoms with van der Waals surface area (Å²) in [5.41, 5.74) is 12.9. The Morgan fingerprint density at radius 2 is 1.39 bits per heavy atom. The maximum absolute atomic E-state index is 12.6. The molecule has 2 amide bonds. The summed E-state index contributed by atoms with van der Waals surface area (Å²) in [6.07, 6.45) is -0.502. The summed E-state index contributed by atoms with van der Waals surface area (Å²) in [5.74, 6) is -0.453. The molecule has 0 aliphatic heterocycles. The van der Waals surface area contributed by atoms with E-state index in [2.05, 4.69) is 29.6 Å². The number of amides is 2. The second-order valence-electron chi connectivity index (χ2n) is 7.97. The van der Waals surface area contributed by atoms with Gasteiger partial charge in [-0.2, -0.15) is 0 Å². The minimum Gasteiger partial charge on any atom is -0.448 e. The summed E-state index contributed by atoms with van der Waals surface area (Å²) in [6.45, 7) is 0.258. The van der Waals surface area contributed by atoms with Gasteiger partial charge in [-0.05, 0) is 57.6 Å². The minimum atomic E-state index is -0.502. The Labute approximate surface area is 191 Å². The number of nitrogens with two attached hydrogens (primary N) is 1. The van der Waals surface area contributed by atoms with Gasteiger partial charge < -0.3 is 10.5 Å². The van der Waals surface area contributed by atoms with Crippen LogP contribution in [0, 0.1) is 0 Å². The number of benzene rings is 4. The van der Waals surface area contributed by atoms with Gasteiger partial charge in [0.05, 0.1) is 0 Å². The maximum atomic E-state index is 12.6. The van der Waals surface area contributed by atoms with Gasteiger partial charge in [-0.1, -0.05) is 72.8 Å². The van der Waals surface area contributed by atoms with Gasteiger partial charge in [-0.25, -0.2) is 4.79 Å². The van der Waals surface area contributed by atoms with Crippen molar-refractivity contribution in [3.63, 3.8) is 0 Å². The third-order valence-electron chi connectivity index (χ3n) is 5.96. The van der Waals surface area contributed by atoms with E-state index in [1.165, 1.54) is 22.3 Å². The summed E-state index contributed by atoms with van der Waals surface area (Å²) in [5, 5.41) is 2.82. The second-order valence-corrected chi connectivity index (χ2v) is 7.97. The molecule has 0 fully saturated rings. The topological polar surface area (TPSA) is 81.4 Å². The van der Waals surface area contributed by atoms with Crippen molar-refractivity contribution in [1.82, 2.24) is 0 Å². The van der Waals surface area contributed by atoms with Crippen LogP contribution in [0.15, 0.2) is 97.1 Å². The lowest BCUT2D eigenvalue weighted by molar-refractivity contribution is 0.1000. The van der Waals surface area contributed by atoms with Gasteiger partial charge >= 0.3 is 6.09 Å². The normalized spacial score (nSPS) is 12.0. The largest absolute Gasteiger partial charge is 0.448 e. The lowest BCUT2D eigenvalue weighted by Crippen LogP contribution is -2.17. The molecule has 0 heterocycles. The molecule has 5 rings (SSSR count). The Morgan fingerprint density at radius 3 is 2.03 bits per heavy atom. The molecule has 0 unspecified atom stereocenters. The first-order valence-corrected chi connectivity index (χ1v) is 10.7. The van der Waals surface area contributed by atoms with E-state index in [1.807, 2.05) is 60.7 Å². The van der Waals surface area contributed by atoms with Crippen molar-refractivity contribution in [2.75, 3.05) is 11.9 Å². The minimum absolute atomic E-state index is 0.0123. The number of carbonyl (C=O) groups excluding carboxylic acids is 2. The highest BCUT2D eigenvalue weighted by atomic mass is 16.5. The number of rotatable bonds is 5. The quantitative estimate of drug-likeness (QED) is 0.416. The standard InChI is InChI=1S/C28H22N2O3/c29-27(31)19-14-12-18(13-15-19)20-6-5-7-21(16-20)30-28(32)33-17-26-24-10-3-1-8-22(24)23-9-2-4-11-25(23)26/h1-16,26H,17H2,(H2,29,31)(H,30,32). The fourth-order valence-corrected chi connectivity index (χ4v) is 4.36. The van der Waals surface area contributed by atoms with Gasteiger partial charge in [-0.3, -0.25) is 10.1 Å². The van der Waals surface area contributed by atoms with Crippen LogP contribution < -0.4 is 11.1 Å². The molecule has 4 aromatic rings. The van der Waals surface area contributed by atoms with Crippen LogP contribution in [-0.2, 0) is 4.74 Å². The van der Waals surface area contributed by atoms with Crippen LogP contribution >= 0.6 is 0 Å². The zero-order chi connectivity index (χ0) is 22.8. The lowest BCUT2D eigenvalue weighted by Gasteiger charge is -2.15. The SMILES string of the molecule is NC(=O)c1ccc(-c2cccc(NC(=O)OCC3c4ccccc4-c4ccccc43)c2)cc1. The molecule has 0 radical (unpaired) electrons. The molecule has 0 spiro atoms. The molecule has 5 nitrogen and oxygen atoms in total. The van der Waals surface area contributed by atoms with Crippen LogP contribution in [0.25, 0.3) is 22.3 Å². The van der Waals surface area contributed by atoms with Crippen LogP contribution in [-0.4, -0.2) is 18.6 Å². The highest BCUT2D eigenvalue weighted by Crippen LogP contribution is 2.44. The lowest BCUT2D eigenvalue weighted by atomic mass is 9.98. The van der Waals surface area contributed by atoms with Gasteiger partial charge in [0, 0.05) is 17.2 Å². The van der Waals surface area contributed by atoms with E-state index in [-0.39, 0.29) is 12.5 Å². The molecule has 33 heavy (non-hydrogen) atoms. The molecular weight excluding hydrogens is 412 g/mol. The molecule has 0 saturated heterocycles. The van der Waals surface area contributed by atoms with Crippen molar-refractivity contribution in [1.29, 1.82) is 0 Å². The van der Waals surface area contributed by atoms with E-state index in [0.717, 1.165) is 11.1 Å². The van der Waals surface area contributed by atoms with E-state index in [4.69, 9.17) is 10.5 Å². The van der Waals surface area contributed by atoms with Crippen LogP contribution in [0.4, 0.5) is 10.5 Å². The summed E-state index contributed by atoms with van der Waals surface area (Å²) in [4.78, 5) is 23.9. The number of ether oxygens (including phenoxy) is 1. The number of anilines is 1. The molecule has 0 aromatic heterocycles. The van der Waals surface area contributed by atoms with Crippen molar-refractivity contribution >= 4 is 17.7 Å². The molecule has 4 aromatic carbocycles. The van der Waals surface area contributed by atoms with Crippen molar-refractivity contribution in [3.8, 4) is 22.3 Å². The molecule has 3 N–H and O–H groups in total. The van der Waals surface area contributed by atoms with Crippen LogP contribution in [0.5, 0.6) is 0 Å². The third-order valence-corrected chi connectivity index (χ3v) is 5.96. The van der Waals surface area contributed by atoms with Crippen LogP contribution in [0.3, 0.4) is 0 Å². The summed E-state index contributed by atoms with van der Waals surface area (Å²) in [7, 11) is 0. The number of hydrogen-bond donors (Lipinski definition) is 2. The van der Waals surface area contributed by atoms with Crippen LogP contribution in [0.1, 0.15) is 27.4 Å². The molecule has 0 saturated carbocycles. The number of fused-ring (bicyclic) bond motifs is 3. The molecular formula is C28H22N2O3. The highest BCUT2D eigenvalue weighted by Gasteiger charge is 2.29. The molecule has 0 bridgehead atoms. The third kappa shape index (κ3) is 4.08. The first-order chi connectivity index (χ1) is 16.1. The average Bonchev–Trinajstić information content (AvgIpc) is 3.17. The van der Waals surface area contributed by atoms with Crippen LogP contribution in [0.2, 0.25) is 0 Å². The fourth-order valence-electron chi connectivity index (χ4n) is 4.36. The van der Waals surface area contributed by atoms with E-state index in [9.17, 15) is 9.59 Å². The van der Waals surface area contributed by atoms with E-state index in [0.29, 0.717) is 11.3 Å². The number of primary amides is 1. The first-order valence-electron chi connectivity index (χ1n) is 10.7. The monoisotopic (exact) mass is 434 g/mol. The van der Waals surface area contributed by atoms with Crippen molar-refractivity contribution in [2.45, 2.75) is 5.92 Å². The molecule has 1 aliphatic carbocycles. The second kappa shape index (κ2) is 8.63. The zero-order valence-electron chi connectivity index (χ0n) is 17.8. The van der Waals surface area contributed by atoms with Crippen molar-refractivity contribution < 1.29 is 14.3 Å². The highest BCUT2D eigenvalue weighted by molar-refractivity contribution is 5.93. The zero-order valence-corrected chi connectivity index (χ0v) is 17.8. The first kappa shape index (κ1) is 20.5. The number of hydrogen-bond acceptors (Lipinski definition) is 3. The molecule has 162 valence electrons. The van der Waals surface area contributed by atoms with Gasteiger partial charge in [0.15, 0.2) is 0 Å². The van der Waals surface area contributed by atoms with Gasteiger partial charge in [0.25, 0.3) is 0 Å². The predicted octanol–water partition coefficient (Wildman–Crippen LogP) is 5.81. The Bertz CT molecular complexity index is 1300. The summed E-state index contributed by atoms with van der Waals surface area (Å²) >= 11 is 0. The van der Waals surface area contributed by atoms with E-state index >= 15 is 0 Å². The smallest absolute Gasteiger partial charge is 0.411 e. The molecule has 0 atom stereocenters. The van der Waals surface area contributed by atoms with Crippen molar-refractivity contribution in [3.05, 3.63) is 114 Å². The van der Waals surface area contributed by atoms with Gasteiger partial charge in [0.2, 0.25) is 5.91 Å². The Balaban J connectivity index is 1.28. The number of carbonyl (C=O) groups is 2. The van der Waals surface area contributed by atoms with Gasteiger partial charge in [0.1, 0.15) is 6.61 Å². The molecule has 1 aliphatic rings.